The molecule has 21 heavy (non-hydrogen) atoms. The summed E-state index contributed by atoms with van der Waals surface area (Å²) >= 11 is 7.26. The fraction of sp³-hybridized carbons (Fsp3) is 0.125. The van der Waals surface area contributed by atoms with Crippen molar-refractivity contribution in [3.8, 4) is 0 Å². The summed E-state index contributed by atoms with van der Waals surface area (Å²) in [6.45, 7) is 1.83. The van der Waals surface area contributed by atoms with Gasteiger partial charge in [0.2, 0.25) is 0 Å². The van der Waals surface area contributed by atoms with Gasteiger partial charge in [-0.25, -0.2) is 4.79 Å². The van der Waals surface area contributed by atoms with Crippen LogP contribution >= 0.6 is 23.4 Å². The molecule has 0 unspecified atom stereocenters. The van der Waals surface area contributed by atoms with Crippen LogP contribution in [-0.2, 0) is 0 Å². The molecule has 0 fully saturated rings. The summed E-state index contributed by atoms with van der Waals surface area (Å²) < 4.78 is 0. The second-order valence-electron chi connectivity index (χ2n) is 4.35. The van der Waals surface area contributed by atoms with Crippen LogP contribution < -0.4 is 0 Å². The largest absolute Gasteiger partial charge is 0.478 e. The Hall–Kier alpha value is -1.78. The molecule has 3 nitrogen and oxygen atoms in total. The van der Waals surface area contributed by atoms with E-state index in [1.54, 1.807) is 30.3 Å². The molecule has 0 atom stereocenters. The summed E-state index contributed by atoms with van der Waals surface area (Å²) in [4.78, 5) is 24.3. The number of halogens is 1. The van der Waals surface area contributed by atoms with Crippen LogP contribution in [0.25, 0.3) is 0 Å². The van der Waals surface area contributed by atoms with Gasteiger partial charge < -0.3 is 5.11 Å². The number of hydrogen-bond acceptors (Lipinski definition) is 3. The molecule has 0 saturated heterocycles. The predicted octanol–water partition coefficient (Wildman–Crippen LogP) is 4.78. The quantitative estimate of drug-likeness (QED) is 0.805. The van der Waals surface area contributed by atoms with Crippen molar-refractivity contribution in [1.82, 2.24) is 0 Å². The Balaban J connectivity index is 2.20. The molecule has 0 aliphatic heterocycles. The van der Waals surface area contributed by atoms with Gasteiger partial charge in [0, 0.05) is 21.8 Å². The van der Waals surface area contributed by atoms with Crippen LogP contribution in [0.5, 0.6) is 0 Å². The van der Waals surface area contributed by atoms with Gasteiger partial charge >= 0.3 is 5.97 Å². The normalized spacial score (nSPS) is 10.4. The standard InChI is InChI=1S/C16H13ClO3S/c1-2-15(18)10-3-5-11(6-4-10)21-12-7-8-14(17)13(9-12)16(19)20/h3-9H,2H2,1H3,(H,19,20). The van der Waals surface area contributed by atoms with E-state index in [9.17, 15) is 9.59 Å². The van der Waals surface area contributed by atoms with Gasteiger partial charge in [0.25, 0.3) is 0 Å². The number of carbonyl (C=O) groups excluding carboxylic acids is 1. The maximum atomic E-state index is 11.6. The molecule has 0 amide bonds. The molecule has 0 radical (unpaired) electrons. The molecular formula is C16H13ClO3S. The van der Waals surface area contributed by atoms with E-state index in [-0.39, 0.29) is 16.4 Å². The van der Waals surface area contributed by atoms with Crippen molar-refractivity contribution in [2.45, 2.75) is 23.1 Å². The maximum absolute atomic E-state index is 11.6. The SMILES string of the molecule is CCC(=O)c1ccc(Sc2ccc(Cl)c(C(=O)O)c2)cc1. The lowest BCUT2D eigenvalue weighted by Crippen LogP contribution is -1.97. The van der Waals surface area contributed by atoms with Gasteiger partial charge in [-0.05, 0) is 30.3 Å². The fourth-order valence-electron chi connectivity index (χ4n) is 1.78. The number of benzene rings is 2. The first kappa shape index (κ1) is 15.6. The van der Waals surface area contributed by atoms with E-state index in [4.69, 9.17) is 16.7 Å². The van der Waals surface area contributed by atoms with Crippen LogP contribution in [0.2, 0.25) is 5.02 Å². The van der Waals surface area contributed by atoms with Crippen molar-refractivity contribution in [3.63, 3.8) is 0 Å². The molecule has 0 heterocycles. The third-order valence-corrected chi connectivity index (χ3v) is 4.23. The molecule has 0 aliphatic carbocycles. The summed E-state index contributed by atoms with van der Waals surface area (Å²) in [5.74, 6) is -0.947. The molecule has 0 aromatic heterocycles. The van der Waals surface area contributed by atoms with Crippen LogP contribution in [0, 0.1) is 0 Å². The number of carboxylic acids is 1. The Labute approximate surface area is 131 Å². The number of carbonyl (C=O) groups is 2. The molecule has 0 spiro atoms. The number of aromatic carboxylic acids is 1. The third-order valence-electron chi connectivity index (χ3n) is 2.90. The first-order chi connectivity index (χ1) is 10.0. The lowest BCUT2D eigenvalue weighted by atomic mass is 10.1. The zero-order valence-electron chi connectivity index (χ0n) is 11.3. The van der Waals surface area contributed by atoms with E-state index in [2.05, 4.69) is 0 Å². The average Bonchev–Trinajstić information content (AvgIpc) is 2.49. The Morgan fingerprint density at radius 3 is 2.29 bits per heavy atom. The Morgan fingerprint density at radius 2 is 1.71 bits per heavy atom. The molecule has 2 aromatic rings. The lowest BCUT2D eigenvalue weighted by Gasteiger charge is -2.05. The smallest absolute Gasteiger partial charge is 0.337 e. The highest BCUT2D eigenvalue weighted by Crippen LogP contribution is 2.30. The Kier molecular flexibility index (Phi) is 5.04. The molecule has 2 rings (SSSR count). The summed E-state index contributed by atoms with van der Waals surface area (Å²) in [6, 6.07) is 12.1. The minimum absolute atomic E-state index is 0.0828. The topological polar surface area (TPSA) is 54.4 Å². The molecule has 0 bridgehead atoms. The minimum atomic E-state index is -1.05. The van der Waals surface area contributed by atoms with E-state index in [0.717, 1.165) is 9.79 Å². The van der Waals surface area contributed by atoms with Crippen LogP contribution in [0.4, 0.5) is 0 Å². The molecular weight excluding hydrogens is 308 g/mol. The molecule has 5 heteroatoms. The van der Waals surface area contributed by atoms with Gasteiger partial charge in [-0.2, -0.15) is 0 Å². The number of rotatable bonds is 5. The first-order valence-electron chi connectivity index (χ1n) is 6.35. The van der Waals surface area contributed by atoms with Crippen LogP contribution in [0.15, 0.2) is 52.3 Å². The van der Waals surface area contributed by atoms with Gasteiger partial charge in [0.15, 0.2) is 5.78 Å². The van der Waals surface area contributed by atoms with Crippen molar-refractivity contribution < 1.29 is 14.7 Å². The highest BCUT2D eigenvalue weighted by atomic mass is 35.5. The number of Topliss-reactive ketones (excluding diaryl/α,β-unsaturated/α-hetero) is 1. The second-order valence-corrected chi connectivity index (χ2v) is 5.90. The second kappa shape index (κ2) is 6.78. The lowest BCUT2D eigenvalue weighted by molar-refractivity contribution is 0.0696. The third kappa shape index (κ3) is 3.86. The first-order valence-corrected chi connectivity index (χ1v) is 7.54. The molecule has 0 aliphatic rings. The van der Waals surface area contributed by atoms with Crippen molar-refractivity contribution >= 4 is 35.1 Å². The highest BCUT2D eigenvalue weighted by molar-refractivity contribution is 7.99. The van der Waals surface area contributed by atoms with E-state index in [1.165, 1.54) is 11.8 Å². The molecule has 0 saturated carbocycles. The molecule has 108 valence electrons. The van der Waals surface area contributed by atoms with Gasteiger partial charge in [0.05, 0.1) is 10.6 Å². The van der Waals surface area contributed by atoms with Crippen molar-refractivity contribution in [2.24, 2.45) is 0 Å². The summed E-state index contributed by atoms with van der Waals surface area (Å²) in [5.41, 5.74) is 0.767. The molecule has 2 aromatic carbocycles. The van der Waals surface area contributed by atoms with Gasteiger partial charge in [-0.1, -0.05) is 42.4 Å². The monoisotopic (exact) mass is 320 g/mol. The number of carboxylic acid groups (broad SMARTS) is 1. The van der Waals surface area contributed by atoms with E-state index in [1.807, 2.05) is 19.1 Å². The summed E-state index contributed by atoms with van der Waals surface area (Å²) in [6.07, 6.45) is 0.478. The van der Waals surface area contributed by atoms with Gasteiger partial charge in [-0.3, -0.25) is 4.79 Å². The van der Waals surface area contributed by atoms with Crippen LogP contribution in [0.1, 0.15) is 34.1 Å². The maximum Gasteiger partial charge on any atom is 0.337 e. The van der Waals surface area contributed by atoms with E-state index in [0.29, 0.717) is 12.0 Å². The van der Waals surface area contributed by atoms with Crippen molar-refractivity contribution in [1.29, 1.82) is 0 Å². The van der Waals surface area contributed by atoms with Gasteiger partial charge in [0.1, 0.15) is 0 Å². The number of hydrogen-bond donors (Lipinski definition) is 1. The van der Waals surface area contributed by atoms with E-state index >= 15 is 0 Å². The van der Waals surface area contributed by atoms with Crippen molar-refractivity contribution in [3.05, 3.63) is 58.6 Å². The van der Waals surface area contributed by atoms with Crippen LogP contribution in [-0.4, -0.2) is 16.9 Å². The van der Waals surface area contributed by atoms with E-state index < -0.39 is 5.97 Å². The molecule has 1 N–H and O–H groups in total. The minimum Gasteiger partial charge on any atom is -0.478 e. The van der Waals surface area contributed by atoms with Gasteiger partial charge in [-0.15, -0.1) is 0 Å². The Bertz CT molecular complexity index is 680. The predicted molar refractivity (Wildman–Crippen MR) is 83.6 cm³/mol. The fourth-order valence-corrected chi connectivity index (χ4v) is 2.84. The Morgan fingerprint density at radius 1 is 1.10 bits per heavy atom. The highest BCUT2D eigenvalue weighted by Gasteiger charge is 2.10. The van der Waals surface area contributed by atoms with Crippen LogP contribution in [0.3, 0.4) is 0 Å². The summed E-state index contributed by atoms with van der Waals surface area (Å²) in [7, 11) is 0. The number of ketones is 1. The summed E-state index contributed by atoms with van der Waals surface area (Å²) in [5, 5.41) is 9.27. The zero-order valence-corrected chi connectivity index (χ0v) is 12.9. The average molecular weight is 321 g/mol. The van der Waals surface area contributed by atoms with Crippen molar-refractivity contribution in [2.75, 3.05) is 0 Å². The zero-order chi connectivity index (χ0) is 15.4.